The maximum absolute atomic E-state index is 15.0. The van der Waals surface area contributed by atoms with Crippen molar-refractivity contribution in [2.24, 2.45) is 34.5 Å². The van der Waals surface area contributed by atoms with Gasteiger partial charge in [0.2, 0.25) is 0 Å². The van der Waals surface area contributed by atoms with Gasteiger partial charge in [0.25, 0.3) is 0 Å². The molecule has 0 bridgehead atoms. The van der Waals surface area contributed by atoms with Crippen LogP contribution in [0.3, 0.4) is 0 Å². The van der Waals surface area contributed by atoms with E-state index >= 15 is 8.78 Å². The quantitative estimate of drug-likeness (QED) is 0.128. The summed E-state index contributed by atoms with van der Waals surface area (Å²) in [5, 5.41) is 12.1. The Balaban J connectivity index is 1.29. The Morgan fingerprint density at radius 3 is 2.28 bits per heavy atom. The molecule has 4 aliphatic rings. The molecule has 0 amide bonds. The van der Waals surface area contributed by atoms with Crippen LogP contribution in [0.1, 0.15) is 102 Å². The van der Waals surface area contributed by atoms with Crippen LogP contribution in [0.5, 0.6) is 0 Å². The van der Waals surface area contributed by atoms with E-state index in [2.05, 4.69) is 16.9 Å². The van der Waals surface area contributed by atoms with E-state index in [1.165, 1.54) is 6.92 Å². The zero-order chi connectivity index (χ0) is 31.4. The van der Waals surface area contributed by atoms with E-state index in [1.807, 2.05) is 19.9 Å². The molecule has 0 aromatic carbocycles. The predicted octanol–water partition coefficient (Wildman–Crippen LogP) is 8.82. The zero-order valence-electron chi connectivity index (χ0n) is 25.7. The number of fused-ring (bicyclic) bond motifs is 5. The van der Waals surface area contributed by atoms with Crippen LogP contribution in [0.2, 0.25) is 0 Å². The van der Waals surface area contributed by atoms with Gasteiger partial charge in [0.1, 0.15) is 5.60 Å². The van der Waals surface area contributed by atoms with Crippen molar-refractivity contribution in [3.8, 4) is 0 Å². The lowest BCUT2D eigenvalue weighted by atomic mass is 9.43. The number of allylic oxidation sites excluding steroid dienone is 1. The number of aromatic nitrogens is 2. The Hall–Kier alpha value is -1.55. The molecule has 10 heteroatoms. The van der Waals surface area contributed by atoms with Gasteiger partial charge in [-0.3, -0.25) is 4.79 Å². The third kappa shape index (κ3) is 5.59. The molecule has 43 heavy (non-hydrogen) atoms. The molecule has 0 radical (unpaired) electrons. The van der Waals surface area contributed by atoms with Gasteiger partial charge in [-0.25, -0.2) is 9.97 Å². The summed E-state index contributed by atoms with van der Waals surface area (Å²) in [7, 11) is 0. The van der Waals surface area contributed by atoms with Crippen molar-refractivity contribution in [1.82, 2.24) is 9.97 Å². The van der Waals surface area contributed by atoms with Crippen LogP contribution in [-0.4, -0.2) is 44.3 Å². The largest absolute Gasteiger partial charge is 0.456 e. The van der Waals surface area contributed by atoms with Gasteiger partial charge in [-0.05, 0) is 106 Å². The lowest BCUT2D eigenvalue weighted by Gasteiger charge is -2.62. The fourth-order valence-corrected chi connectivity index (χ4v) is 10.5. The van der Waals surface area contributed by atoms with E-state index < -0.39 is 35.5 Å². The highest BCUT2D eigenvalue weighted by atomic mass is 32.2. The second-order valence-electron chi connectivity index (χ2n) is 14.2. The average molecular weight is 629 g/mol. The Labute approximate surface area is 256 Å². The number of hydrogen-bond acceptors (Lipinski definition) is 5. The summed E-state index contributed by atoms with van der Waals surface area (Å²) in [5.41, 5.74) is -1.85. The van der Waals surface area contributed by atoms with Crippen molar-refractivity contribution < 1.29 is 31.9 Å². The molecule has 0 saturated heterocycles. The molecular formula is C33H45F5N2O2S. The Morgan fingerprint density at radius 2 is 1.60 bits per heavy atom. The molecule has 4 aliphatic carbocycles. The molecule has 1 heterocycles. The van der Waals surface area contributed by atoms with Gasteiger partial charge in [0.05, 0.1) is 0 Å². The third-order valence-electron chi connectivity index (χ3n) is 11.8. The highest BCUT2D eigenvalue weighted by Crippen LogP contribution is 2.72. The SMILES string of the molecule is Cc1cc(C)nc(SCCCCCCC2CC3=CC(=O)CC[C@]3(C)[C@@H]3CC[C@@]4(C)[C@@H](CCC4(O)C(F)(F)C(F)(F)F)[C@H]23)n1. The molecule has 4 nitrogen and oxygen atoms in total. The van der Waals surface area contributed by atoms with Crippen molar-refractivity contribution in [3.63, 3.8) is 0 Å². The first-order chi connectivity index (χ1) is 20.0. The van der Waals surface area contributed by atoms with Crippen LogP contribution in [0.4, 0.5) is 22.0 Å². The molecule has 2 unspecified atom stereocenters. The van der Waals surface area contributed by atoms with Crippen molar-refractivity contribution >= 4 is 17.5 Å². The van der Waals surface area contributed by atoms with E-state index in [1.54, 1.807) is 17.8 Å². The standard InChI is InChI=1S/C33H45F5N2O2S/c1-20-17-21(2)40-28(39-20)43-16-8-6-5-7-9-22-18-23-19-24(41)10-13-29(23,3)25-11-14-30(4)26(27(22)25)12-15-31(30,42)32(34,35)33(36,37)38/h17,19,22,25-27,42H,5-16,18H2,1-4H3/t22?,25-,26+,27-,29+,30+,31?/m1/s1. The molecule has 7 atom stereocenters. The fraction of sp³-hybridized carbons (Fsp3) is 0.788. The van der Waals surface area contributed by atoms with Gasteiger partial charge >= 0.3 is 12.1 Å². The van der Waals surface area contributed by atoms with Crippen LogP contribution in [0, 0.1) is 48.3 Å². The summed E-state index contributed by atoms with van der Waals surface area (Å²) in [6.07, 6.45) is 2.86. The van der Waals surface area contributed by atoms with E-state index in [0.29, 0.717) is 25.7 Å². The van der Waals surface area contributed by atoms with Gasteiger partial charge in [-0.1, -0.05) is 50.4 Å². The maximum atomic E-state index is 15.0. The summed E-state index contributed by atoms with van der Waals surface area (Å²) in [6.45, 7) is 7.58. The van der Waals surface area contributed by atoms with Crippen LogP contribution in [0.15, 0.2) is 22.9 Å². The number of carbonyl (C=O) groups excluding carboxylic acids is 1. The lowest BCUT2D eigenvalue weighted by Crippen LogP contribution is -2.66. The van der Waals surface area contributed by atoms with E-state index in [4.69, 9.17) is 0 Å². The summed E-state index contributed by atoms with van der Waals surface area (Å²) >= 11 is 1.65. The number of hydrogen-bond donors (Lipinski definition) is 1. The lowest BCUT2D eigenvalue weighted by molar-refractivity contribution is -0.364. The normalized spacial score (nSPS) is 36.1. The van der Waals surface area contributed by atoms with Crippen molar-refractivity contribution in [1.29, 1.82) is 0 Å². The van der Waals surface area contributed by atoms with Gasteiger partial charge in [-0.2, -0.15) is 22.0 Å². The zero-order valence-corrected chi connectivity index (χ0v) is 26.5. The minimum atomic E-state index is -5.81. The molecule has 0 aliphatic heterocycles. The van der Waals surface area contributed by atoms with Crippen LogP contribution < -0.4 is 0 Å². The molecule has 0 spiro atoms. The fourth-order valence-electron chi connectivity index (χ4n) is 9.55. The van der Waals surface area contributed by atoms with Crippen LogP contribution in [0.25, 0.3) is 0 Å². The number of unbranched alkanes of at least 4 members (excludes halogenated alkanes) is 3. The third-order valence-corrected chi connectivity index (χ3v) is 12.8. The number of rotatable bonds is 9. The van der Waals surface area contributed by atoms with E-state index in [9.17, 15) is 23.1 Å². The second-order valence-corrected chi connectivity index (χ2v) is 15.3. The van der Waals surface area contributed by atoms with Gasteiger partial charge in [-0.15, -0.1) is 0 Å². The molecule has 1 N–H and O–H groups in total. The molecule has 1 aromatic heterocycles. The molecule has 5 rings (SSSR count). The molecular weight excluding hydrogens is 583 g/mol. The summed E-state index contributed by atoms with van der Waals surface area (Å²) in [4.78, 5) is 21.4. The summed E-state index contributed by atoms with van der Waals surface area (Å²) < 4.78 is 71.0. The second kappa shape index (κ2) is 11.7. The topological polar surface area (TPSA) is 63.1 Å². The first-order valence-corrected chi connectivity index (χ1v) is 16.9. The number of alkyl halides is 5. The number of ketones is 1. The van der Waals surface area contributed by atoms with Crippen LogP contribution in [-0.2, 0) is 4.79 Å². The summed E-state index contributed by atoms with van der Waals surface area (Å²) in [6, 6.07) is 1.95. The van der Waals surface area contributed by atoms with Gasteiger partial charge in [0.15, 0.2) is 10.9 Å². The maximum Gasteiger partial charge on any atom is 0.456 e. The number of aliphatic hydroxyl groups is 1. The molecule has 3 fully saturated rings. The number of halogens is 5. The first kappa shape index (κ1) is 32.8. The average Bonchev–Trinajstić information content (AvgIpc) is 3.19. The van der Waals surface area contributed by atoms with Crippen LogP contribution >= 0.6 is 11.8 Å². The highest BCUT2D eigenvalue weighted by Gasteiger charge is 2.79. The van der Waals surface area contributed by atoms with E-state index in [0.717, 1.165) is 60.0 Å². The number of aryl methyl sites for hydroxylation is 2. The van der Waals surface area contributed by atoms with Gasteiger partial charge in [0, 0.05) is 29.0 Å². The first-order valence-electron chi connectivity index (χ1n) is 15.9. The highest BCUT2D eigenvalue weighted by molar-refractivity contribution is 7.99. The van der Waals surface area contributed by atoms with Crippen molar-refractivity contribution in [2.45, 2.75) is 128 Å². The molecule has 240 valence electrons. The number of carbonyl (C=O) groups is 1. The summed E-state index contributed by atoms with van der Waals surface area (Å²) in [5.74, 6) is -4.40. The van der Waals surface area contributed by atoms with E-state index in [-0.39, 0.29) is 41.8 Å². The molecule has 1 aromatic rings. The van der Waals surface area contributed by atoms with Crippen molar-refractivity contribution in [3.05, 3.63) is 29.1 Å². The Bertz CT molecular complexity index is 1230. The Morgan fingerprint density at radius 1 is 0.953 bits per heavy atom. The number of thioether (sulfide) groups is 1. The predicted molar refractivity (Wildman–Crippen MR) is 157 cm³/mol. The number of nitrogens with zero attached hydrogens (tertiary/aromatic N) is 2. The minimum Gasteiger partial charge on any atom is -0.383 e. The monoisotopic (exact) mass is 628 g/mol. The minimum absolute atomic E-state index is 0.0515. The van der Waals surface area contributed by atoms with Gasteiger partial charge < -0.3 is 5.11 Å². The molecule has 3 saturated carbocycles. The Kier molecular flexibility index (Phi) is 8.91. The smallest absolute Gasteiger partial charge is 0.383 e. The van der Waals surface area contributed by atoms with Crippen molar-refractivity contribution in [2.75, 3.05) is 5.75 Å².